The van der Waals surface area contributed by atoms with Crippen molar-refractivity contribution >= 4 is 11.6 Å². The lowest BCUT2D eigenvalue weighted by Gasteiger charge is -2.11. The molecule has 0 amide bonds. The summed E-state index contributed by atoms with van der Waals surface area (Å²) in [5.41, 5.74) is 8.39. The van der Waals surface area contributed by atoms with E-state index in [-0.39, 0.29) is 0 Å². The summed E-state index contributed by atoms with van der Waals surface area (Å²) in [5, 5.41) is 0.579. The topological polar surface area (TPSA) is 61.0 Å². The first-order valence-corrected chi connectivity index (χ1v) is 6.48. The molecule has 0 fully saturated rings. The molecular formula is C14H16ClN3O. The molecule has 5 heteroatoms. The van der Waals surface area contributed by atoms with Crippen LogP contribution in [0.3, 0.4) is 0 Å². The third-order valence-corrected chi connectivity index (χ3v) is 3.04. The maximum Gasteiger partial charge on any atom is 0.142 e. The number of ether oxygens (including phenoxy) is 1. The van der Waals surface area contributed by atoms with Crippen LogP contribution < -0.4 is 10.5 Å². The van der Waals surface area contributed by atoms with Crippen molar-refractivity contribution in [3.05, 3.63) is 40.8 Å². The first-order chi connectivity index (χ1) is 9.15. The van der Waals surface area contributed by atoms with Gasteiger partial charge in [-0.05, 0) is 37.6 Å². The zero-order chi connectivity index (χ0) is 13.8. The van der Waals surface area contributed by atoms with E-state index in [0.717, 1.165) is 16.8 Å². The fraction of sp³-hybridized carbons (Fsp3) is 0.286. The van der Waals surface area contributed by atoms with Gasteiger partial charge in [-0.2, -0.15) is 0 Å². The third-order valence-electron chi connectivity index (χ3n) is 2.74. The Labute approximate surface area is 117 Å². The molecule has 0 spiro atoms. The minimum Gasteiger partial charge on any atom is -0.492 e. The Hall–Kier alpha value is -1.65. The highest BCUT2D eigenvalue weighted by Crippen LogP contribution is 2.32. The number of hydrogen-bond acceptors (Lipinski definition) is 4. The molecule has 0 unspecified atom stereocenters. The van der Waals surface area contributed by atoms with E-state index in [1.165, 1.54) is 0 Å². The van der Waals surface area contributed by atoms with E-state index in [0.29, 0.717) is 29.7 Å². The minimum absolute atomic E-state index is 0.317. The summed E-state index contributed by atoms with van der Waals surface area (Å²) in [6, 6.07) is 5.63. The van der Waals surface area contributed by atoms with E-state index < -0.39 is 0 Å². The summed E-state index contributed by atoms with van der Waals surface area (Å²) in [4.78, 5) is 8.49. The monoisotopic (exact) mass is 277 g/mol. The van der Waals surface area contributed by atoms with E-state index >= 15 is 0 Å². The van der Waals surface area contributed by atoms with Gasteiger partial charge in [0, 0.05) is 11.8 Å². The van der Waals surface area contributed by atoms with Gasteiger partial charge < -0.3 is 10.5 Å². The van der Waals surface area contributed by atoms with Crippen LogP contribution in [0.15, 0.2) is 24.4 Å². The highest BCUT2D eigenvalue weighted by atomic mass is 35.5. The van der Waals surface area contributed by atoms with Gasteiger partial charge in [-0.25, -0.2) is 9.97 Å². The molecule has 0 aliphatic heterocycles. The second-order valence-electron chi connectivity index (χ2n) is 4.09. The van der Waals surface area contributed by atoms with Crippen LogP contribution in [0.1, 0.15) is 18.3 Å². The molecule has 0 saturated carbocycles. The van der Waals surface area contributed by atoms with Crippen molar-refractivity contribution in [1.82, 2.24) is 9.97 Å². The molecule has 0 aliphatic rings. The van der Waals surface area contributed by atoms with Gasteiger partial charge in [0.15, 0.2) is 0 Å². The highest BCUT2D eigenvalue weighted by molar-refractivity contribution is 6.32. The fourth-order valence-electron chi connectivity index (χ4n) is 1.84. The summed E-state index contributed by atoms with van der Waals surface area (Å²) < 4.78 is 5.47. The molecule has 100 valence electrons. The number of nitrogens with two attached hydrogens (primary N) is 1. The number of rotatable bonds is 4. The average Bonchev–Trinajstić information content (AvgIpc) is 2.43. The molecule has 0 saturated heterocycles. The molecule has 1 aromatic heterocycles. The van der Waals surface area contributed by atoms with Crippen LogP contribution in [0, 0.1) is 6.92 Å². The van der Waals surface area contributed by atoms with Crippen LogP contribution in [0.4, 0.5) is 0 Å². The molecule has 0 atom stereocenters. The van der Waals surface area contributed by atoms with E-state index in [2.05, 4.69) is 9.97 Å². The normalized spacial score (nSPS) is 10.5. The third kappa shape index (κ3) is 3.03. The molecule has 1 heterocycles. The lowest BCUT2D eigenvalue weighted by molar-refractivity contribution is 0.340. The van der Waals surface area contributed by atoms with Crippen molar-refractivity contribution in [3.8, 4) is 17.0 Å². The van der Waals surface area contributed by atoms with Crippen LogP contribution in [-0.2, 0) is 6.54 Å². The lowest BCUT2D eigenvalue weighted by atomic mass is 10.1. The Morgan fingerprint density at radius 3 is 2.84 bits per heavy atom. The van der Waals surface area contributed by atoms with Gasteiger partial charge in [-0.15, -0.1) is 0 Å². The van der Waals surface area contributed by atoms with Crippen LogP contribution in [0.5, 0.6) is 5.75 Å². The van der Waals surface area contributed by atoms with E-state index in [4.69, 9.17) is 22.1 Å². The van der Waals surface area contributed by atoms with Crippen molar-refractivity contribution in [1.29, 1.82) is 0 Å². The van der Waals surface area contributed by atoms with E-state index in [9.17, 15) is 0 Å². The van der Waals surface area contributed by atoms with Crippen molar-refractivity contribution in [2.45, 2.75) is 20.4 Å². The predicted molar refractivity (Wildman–Crippen MR) is 76.3 cm³/mol. The first-order valence-electron chi connectivity index (χ1n) is 6.11. The van der Waals surface area contributed by atoms with Gasteiger partial charge in [0.05, 0.1) is 23.9 Å². The summed E-state index contributed by atoms with van der Waals surface area (Å²) in [6.07, 6.45) is 1.70. The number of aromatic nitrogens is 2. The molecule has 2 rings (SSSR count). The molecule has 4 nitrogen and oxygen atoms in total. The Balaban J connectivity index is 2.47. The molecule has 0 bridgehead atoms. The smallest absolute Gasteiger partial charge is 0.142 e. The average molecular weight is 278 g/mol. The minimum atomic E-state index is 0.317. The summed E-state index contributed by atoms with van der Waals surface area (Å²) in [5.74, 6) is 1.31. The molecule has 0 radical (unpaired) electrons. The highest BCUT2D eigenvalue weighted by Gasteiger charge is 2.10. The largest absolute Gasteiger partial charge is 0.492 e. The zero-order valence-electron chi connectivity index (χ0n) is 11.0. The Morgan fingerprint density at radius 1 is 1.37 bits per heavy atom. The second kappa shape index (κ2) is 5.99. The number of aryl methyl sites for hydroxylation is 1. The molecule has 1 aromatic carbocycles. The van der Waals surface area contributed by atoms with E-state index in [1.807, 2.05) is 32.0 Å². The van der Waals surface area contributed by atoms with Crippen molar-refractivity contribution in [2.75, 3.05) is 6.61 Å². The summed E-state index contributed by atoms with van der Waals surface area (Å²) in [7, 11) is 0. The van der Waals surface area contributed by atoms with Crippen LogP contribution >= 0.6 is 11.6 Å². The van der Waals surface area contributed by atoms with E-state index in [1.54, 1.807) is 6.20 Å². The maximum absolute atomic E-state index is 6.21. The van der Waals surface area contributed by atoms with Crippen molar-refractivity contribution in [2.24, 2.45) is 5.73 Å². The number of nitrogens with zero attached hydrogens (tertiary/aromatic N) is 2. The van der Waals surface area contributed by atoms with Crippen LogP contribution in [-0.4, -0.2) is 16.6 Å². The van der Waals surface area contributed by atoms with Crippen molar-refractivity contribution in [3.63, 3.8) is 0 Å². The predicted octanol–water partition coefficient (Wildman–Crippen LogP) is 2.96. The van der Waals surface area contributed by atoms with Crippen LogP contribution in [0.25, 0.3) is 11.3 Å². The standard InChI is InChI=1S/C14H16ClN3O/c1-3-19-13-6-9(2)10(7-11(13)15)12-4-5-17-14(8-16)18-12/h4-7H,3,8,16H2,1-2H3. The fourth-order valence-corrected chi connectivity index (χ4v) is 2.06. The van der Waals surface area contributed by atoms with Gasteiger partial charge >= 0.3 is 0 Å². The Kier molecular flexibility index (Phi) is 4.35. The van der Waals surface area contributed by atoms with Gasteiger partial charge in [0.1, 0.15) is 11.6 Å². The first kappa shape index (κ1) is 13.8. The Morgan fingerprint density at radius 2 is 2.16 bits per heavy atom. The molecule has 2 N–H and O–H groups in total. The molecular weight excluding hydrogens is 262 g/mol. The second-order valence-corrected chi connectivity index (χ2v) is 4.50. The van der Waals surface area contributed by atoms with Gasteiger partial charge in [0.2, 0.25) is 0 Å². The summed E-state index contributed by atoms with van der Waals surface area (Å²) in [6.45, 7) is 4.83. The van der Waals surface area contributed by atoms with Crippen molar-refractivity contribution < 1.29 is 4.74 Å². The quantitative estimate of drug-likeness (QED) is 0.933. The van der Waals surface area contributed by atoms with Gasteiger partial charge in [0.25, 0.3) is 0 Å². The van der Waals surface area contributed by atoms with Crippen LogP contribution in [0.2, 0.25) is 5.02 Å². The maximum atomic E-state index is 6.21. The Bertz CT molecular complexity index is 587. The summed E-state index contributed by atoms with van der Waals surface area (Å²) >= 11 is 6.21. The number of benzene rings is 1. The number of hydrogen-bond donors (Lipinski definition) is 1. The zero-order valence-corrected chi connectivity index (χ0v) is 11.7. The SMILES string of the molecule is CCOc1cc(C)c(-c2ccnc(CN)n2)cc1Cl. The molecule has 0 aliphatic carbocycles. The van der Waals surface area contributed by atoms with Gasteiger partial charge in [-0.1, -0.05) is 11.6 Å². The lowest BCUT2D eigenvalue weighted by Crippen LogP contribution is -2.03. The molecule has 19 heavy (non-hydrogen) atoms. The molecule has 2 aromatic rings. The number of halogens is 1. The van der Waals surface area contributed by atoms with Gasteiger partial charge in [-0.3, -0.25) is 0 Å².